The molecule has 0 fully saturated rings. The summed E-state index contributed by atoms with van der Waals surface area (Å²) in [6.45, 7) is 7.52. The second kappa shape index (κ2) is 7.04. The van der Waals surface area contributed by atoms with Gasteiger partial charge in [-0.05, 0) is 39.8 Å². The molecule has 1 aromatic carbocycles. The lowest BCUT2D eigenvalue weighted by Crippen LogP contribution is -2.47. The summed E-state index contributed by atoms with van der Waals surface area (Å²) in [7, 11) is -2.20. The van der Waals surface area contributed by atoms with E-state index in [0.717, 1.165) is 4.31 Å². The molecule has 0 radical (unpaired) electrons. The van der Waals surface area contributed by atoms with Crippen LogP contribution in [0.1, 0.15) is 27.7 Å². The molecular formula is C15H24N2O3S. The SMILES string of the molecule is CC(C)N(C(=O)CN(C)S(=O)(=O)c1ccccc1)C(C)C. The fourth-order valence-electron chi connectivity index (χ4n) is 2.30. The molecule has 1 aromatic rings. The quantitative estimate of drug-likeness (QED) is 0.807. The highest BCUT2D eigenvalue weighted by Crippen LogP contribution is 2.14. The fourth-order valence-corrected chi connectivity index (χ4v) is 3.44. The maximum atomic E-state index is 12.4. The van der Waals surface area contributed by atoms with Crippen molar-refractivity contribution < 1.29 is 13.2 Å². The van der Waals surface area contributed by atoms with Crippen molar-refractivity contribution in [1.29, 1.82) is 0 Å². The van der Waals surface area contributed by atoms with Gasteiger partial charge in [0.1, 0.15) is 0 Å². The first-order valence-electron chi connectivity index (χ1n) is 7.00. The van der Waals surface area contributed by atoms with Gasteiger partial charge in [0.2, 0.25) is 15.9 Å². The molecule has 0 N–H and O–H groups in total. The lowest BCUT2D eigenvalue weighted by molar-refractivity contribution is -0.134. The van der Waals surface area contributed by atoms with Gasteiger partial charge >= 0.3 is 0 Å². The van der Waals surface area contributed by atoms with Crippen molar-refractivity contribution in [3.8, 4) is 0 Å². The summed E-state index contributed by atoms with van der Waals surface area (Å²) >= 11 is 0. The van der Waals surface area contributed by atoms with E-state index in [-0.39, 0.29) is 29.4 Å². The molecule has 1 rings (SSSR count). The van der Waals surface area contributed by atoms with Crippen LogP contribution < -0.4 is 0 Å². The molecule has 0 atom stereocenters. The van der Waals surface area contributed by atoms with Crippen LogP contribution in [0.2, 0.25) is 0 Å². The normalized spacial score (nSPS) is 12.2. The number of carbonyl (C=O) groups is 1. The van der Waals surface area contributed by atoms with Gasteiger partial charge in [0.15, 0.2) is 0 Å². The third-order valence-corrected chi connectivity index (χ3v) is 5.03. The second-order valence-corrected chi connectivity index (χ2v) is 7.61. The van der Waals surface area contributed by atoms with E-state index in [4.69, 9.17) is 0 Å². The Morgan fingerprint density at radius 1 is 1.05 bits per heavy atom. The zero-order valence-electron chi connectivity index (χ0n) is 13.3. The fraction of sp³-hybridized carbons (Fsp3) is 0.533. The first kappa shape index (κ1) is 17.7. The molecule has 0 saturated heterocycles. The maximum Gasteiger partial charge on any atom is 0.243 e. The van der Waals surface area contributed by atoms with Crippen LogP contribution in [0, 0.1) is 0 Å². The molecule has 0 aliphatic carbocycles. The van der Waals surface area contributed by atoms with Crippen LogP contribution in [0.15, 0.2) is 35.2 Å². The van der Waals surface area contributed by atoms with E-state index in [9.17, 15) is 13.2 Å². The molecule has 0 bridgehead atoms. The summed E-state index contributed by atoms with van der Waals surface area (Å²) in [5, 5.41) is 0. The van der Waals surface area contributed by atoms with E-state index in [2.05, 4.69) is 0 Å². The number of amides is 1. The minimum atomic E-state index is -3.63. The zero-order valence-corrected chi connectivity index (χ0v) is 14.1. The predicted octanol–water partition coefficient (Wildman–Crippen LogP) is 1.95. The molecule has 0 aliphatic heterocycles. The highest BCUT2D eigenvalue weighted by Gasteiger charge is 2.27. The van der Waals surface area contributed by atoms with Gasteiger partial charge in [-0.25, -0.2) is 8.42 Å². The minimum Gasteiger partial charge on any atom is -0.337 e. The van der Waals surface area contributed by atoms with Crippen LogP contribution in [0.3, 0.4) is 0 Å². The first-order chi connectivity index (χ1) is 9.67. The summed E-state index contributed by atoms with van der Waals surface area (Å²) in [6.07, 6.45) is 0. The molecular weight excluding hydrogens is 288 g/mol. The standard InChI is InChI=1S/C15H24N2O3S/c1-12(2)17(13(3)4)15(18)11-16(5)21(19,20)14-9-7-6-8-10-14/h6-10,12-13H,11H2,1-5H3. The van der Waals surface area contributed by atoms with Crippen molar-refractivity contribution in [2.24, 2.45) is 0 Å². The third kappa shape index (κ3) is 4.28. The van der Waals surface area contributed by atoms with E-state index >= 15 is 0 Å². The Bertz CT molecular complexity index is 560. The molecule has 1 amide bonds. The summed E-state index contributed by atoms with van der Waals surface area (Å²) in [5.41, 5.74) is 0. The Hall–Kier alpha value is -1.40. The summed E-state index contributed by atoms with van der Waals surface area (Å²) in [5.74, 6) is -0.193. The molecule has 0 spiro atoms. The molecule has 21 heavy (non-hydrogen) atoms. The Balaban J connectivity index is 2.90. The Morgan fingerprint density at radius 2 is 1.52 bits per heavy atom. The van der Waals surface area contributed by atoms with Crippen molar-refractivity contribution in [1.82, 2.24) is 9.21 Å². The van der Waals surface area contributed by atoms with Gasteiger partial charge < -0.3 is 4.90 Å². The van der Waals surface area contributed by atoms with Crippen molar-refractivity contribution in [3.05, 3.63) is 30.3 Å². The van der Waals surface area contributed by atoms with Gasteiger partial charge in [0.05, 0.1) is 11.4 Å². The Morgan fingerprint density at radius 3 is 1.95 bits per heavy atom. The lowest BCUT2D eigenvalue weighted by atomic mass is 10.2. The van der Waals surface area contributed by atoms with Gasteiger partial charge in [0, 0.05) is 19.1 Å². The topological polar surface area (TPSA) is 57.7 Å². The predicted molar refractivity (Wildman–Crippen MR) is 83.4 cm³/mol. The minimum absolute atomic E-state index is 0.0327. The monoisotopic (exact) mass is 312 g/mol. The van der Waals surface area contributed by atoms with Gasteiger partial charge in [-0.15, -0.1) is 0 Å². The highest BCUT2D eigenvalue weighted by molar-refractivity contribution is 7.89. The van der Waals surface area contributed by atoms with Gasteiger partial charge in [-0.1, -0.05) is 18.2 Å². The van der Waals surface area contributed by atoms with E-state index < -0.39 is 10.0 Å². The van der Waals surface area contributed by atoms with Crippen LogP contribution in [0.5, 0.6) is 0 Å². The number of likely N-dealkylation sites (N-methyl/N-ethyl adjacent to an activating group) is 1. The van der Waals surface area contributed by atoms with Crippen molar-refractivity contribution in [2.45, 2.75) is 44.7 Å². The largest absolute Gasteiger partial charge is 0.337 e. The average Bonchev–Trinajstić information content (AvgIpc) is 2.38. The molecule has 0 unspecified atom stereocenters. The van der Waals surface area contributed by atoms with Crippen LogP contribution in [-0.4, -0.2) is 49.2 Å². The van der Waals surface area contributed by atoms with E-state index in [1.165, 1.54) is 19.2 Å². The van der Waals surface area contributed by atoms with E-state index in [1.54, 1.807) is 23.1 Å². The number of rotatable bonds is 6. The van der Waals surface area contributed by atoms with E-state index in [1.807, 2.05) is 27.7 Å². The van der Waals surface area contributed by atoms with Crippen LogP contribution >= 0.6 is 0 Å². The number of hydrogen-bond acceptors (Lipinski definition) is 3. The number of carbonyl (C=O) groups excluding carboxylic acids is 1. The number of benzene rings is 1. The molecule has 5 nitrogen and oxygen atoms in total. The second-order valence-electron chi connectivity index (χ2n) is 5.56. The average molecular weight is 312 g/mol. The van der Waals surface area contributed by atoms with Gasteiger partial charge in [0.25, 0.3) is 0 Å². The molecule has 0 aliphatic rings. The molecule has 0 heterocycles. The summed E-state index contributed by atoms with van der Waals surface area (Å²) in [6, 6.07) is 8.20. The number of sulfonamides is 1. The molecule has 0 aromatic heterocycles. The summed E-state index contributed by atoms with van der Waals surface area (Å²) < 4.78 is 25.9. The molecule has 118 valence electrons. The van der Waals surface area contributed by atoms with Gasteiger partial charge in [-0.3, -0.25) is 4.79 Å². The Labute approximate surface area is 127 Å². The molecule has 0 saturated carbocycles. The van der Waals surface area contributed by atoms with Gasteiger partial charge in [-0.2, -0.15) is 4.31 Å². The zero-order chi connectivity index (χ0) is 16.2. The van der Waals surface area contributed by atoms with Crippen LogP contribution in [-0.2, 0) is 14.8 Å². The highest BCUT2D eigenvalue weighted by atomic mass is 32.2. The lowest BCUT2D eigenvalue weighted by Gasteiger charge is -2.32. The maximum absolute atomic E-state index is 12.4. The first-order valence-corrected chi connectivity index (χ1v) is 8.44. The molecule has 6 heteroatoms. The third-order valence-electron chi connectivity index (χ3n) is 3.21. The van der Waals surface area contributed by atoms with E-state index in [0.29, 0.717) is 0 Å². The smallest absolute Gasteiger partial charge is 0.243 e. The summed E-state index contributed by atoms with van der Waals surface area (Å²) in [4.78, 5) is 14.2. The van der Waals surface area contributed by atoms with Crippen LogP contribution in [0.25, 0.3) is 0 Å². The number of hydrogen-bond donors (Lipinski definition) is 0. The van der Waals surface area contributed by atoms with Crippen LogP contribution in [0.4, 0.5) is 0 Å². The van der Waals surface area contributed by atoms with Crippen molar-refractivity contribution >= 4 is 15.9 Å². The van der Waals surface area contributed by atoms with Crippen molar-refractivity contribution in [3.63, 3.8) is 0 Å². The number of nitrogens with zero attached hydrogens (tertiary/aromatic N) is 2. The Kier molecular flexibility index (Phi) is 5.92. The van der Waals surface area contributed by atoms with Crippen molar-refractivity contribution in [2.75, 3.05) is 13.6 Å².